The van der Waals surface area contributed by atoms with E-state index in [0.717, 1.165) is 44.1 Å². The standard InChI is InChI=1S/C18H25FN2O/c1-14-12-16(19)6-7-17(14)18(22)21-9-3-8-20(10-11-21)13-15-4-2-5-15/h6-7,12,15H,2-5,8-11,13H2,1H3. The van der Waals surface area contributed by atoms with Crippen LogP contribution in [0.3, 0.4) is 0 Å². The number of hydrogen-bond donors (Lipinski definition) is 0. The van der Waals surface area contributed by atoms with Gasteiger partial charge in [-0.1, -0.05) is 6.42 Å². The highest BCUT2D eigenvalue weighted by atomic mass is 19.1. The van der Waals surface area contributed by atoms with E-state index in [2.05, 4.69) is 4.90 Å². The second-order valence-corrected chi connectivity index (χ2v) is 6.70. The minimum atomic E-state index is -0.281. The van der Waals surface area contributed by atoms with Crippen LogP contribution in [0.5, 0.6) is 0 Å². The van der Waals surface area contributed by atoms with Crippen molar-refractivity contribution in [1.82, 2.24) is 9.80 Å². The lowest BCUT2D eigenvalue weighted by molar-refractivity contribution is 0.0758. The Morgan fingerprint density at radius 3 is 2.68 bits per heavy atom. The van der Waals surface area contributed by atoms with Crippen molar-refractivity contribution in [3.63, 3.8) is 0 Å². The zero-order valence-electron chi connectivity index (χ0n) is 13.4. The van der Waals surface area contributed by atoms with Crippen LogP contribution in [0.2, 0.25) is 0 Å². The molecule has 1 aliphatic heterocycles. The quantitative estimate of drug-likeness (QED) is 0.857. The van der Waals surface area contributed by atoms with Crippen molar-refractivity contribution in [3.8, 4) is 0 Å². The first-order valence-corrected chi connectivity index (χ1v) is 8.41. The van der Waals surface area contributed by atoms with Gasteiger partial charge in [0.1, 0.15) is 5.82 Å². The first-order valence-electron chi connectivity index (χ1n) is 8.41. The van der Waals surface area contributed by atoms with E-state index in [1.807, 2.05) is 4.90 Å². The number of carbonyl (C=O) groups is 1. The molecule has 1 saturated heterocycles. The maximum absolute atomic E-state index is 13.2. The Balaban J connectivity index is 1.61. The molecule has 22 heavy (non-hydrogen) atoms. The van der Waals surface area contributed by atoms with Gasteiger partial charge in [-0.25, -0.2) is 4.39 Å². The molecule has 1 heterocycles. The van der Waals surface area contributed by atoms with E-state index in [1.165, 1.54) is 37.9 Å². The molecule has 1 aliphatic carbocycles. The van der Waals surface area contributed by atoms with Gasteiger partial charge in [0.05, 0.1) is 0 Å². The summed E-state index contributed by atoms with van der Waals surface area (Å²) in [5, 5.41) is 0. The lowest BCUT2D eigenvalue weighted by Crippen LogP contribution is -2.37. The average Bonchev–Trinajstić information content (AvgIpc) is 2.68. The molecule has 1 aromatic rings. The van der Waals surface area contributed by atoms with Crippen molar-refractivity contribution in [2.75, 3.05) is 32.7 Å². The van der Waals surface area contributed by atoms with Crippen LogP contribution < -0.4 is 0 Å². The van der Waals surface area contributed by atoms with Crippen LogP contribution >= 0.6 is 0 Å². The van der Waals surface area contributed by atoms with Gasteiger partial charge in [0.2, 0.25) is 0 Å². The Morgan fingerprint density at radius 2 is 2.00 bits per heavy atom. The molecule has 0 spiro atoms. The fourth-order valence-electron chi connectivity index (χ4n) is 3.43. The molecule has 3 rings (SSSR count). The highest BCUT2D eigenvalue weighted by Crippen LogP contribution is 2.27. The van der Waals surface area contributed by atoms with E-state index in [0.29, 0.717) is 5.56 Å². The number of hydrogen-bond acceptors (Lipinski definition) is 2. The van der Waals surface area contributed by atoms with Gasteiger partial charge in [-0.3, -0.25) is 4.79 Å². The van der Waals surface area contributed by atoms with Crippen molar-refractivity contribution >= 4 is 5.91 Å². The molecule has 2 aliphatic rings. The predicted molar refractivity (Wildman–Crippen MR) is 85.4 cm³/mol. The van der Waals surface area contributed by atoms with Crippen molar-refractivity contribution < 1.29 is 9.18 Å². The number of amides is 1. The summed E-state index contributed by atoms with van der Waals surface area (Å²) >= 11 is 0. The summed E-state index contributed by atoms with van der Waals surface area (Å²) < 4.78 is 13.2. The third-order valence-electron chi connectivity index (χ3n) is 5.04. The van der Waals surface area contributed by atoms with Crippen molar-refractivity contribution in [2.45, 2.75) is 32.6 Å². The number of rotatable bonds is 3. The molecule has 1 aromatic carbocycles. The Hall–Kier alpha value is -1.42. The normalized spacial score (nSPS) is 20.5. The zero-order valence-corrected chi connectivity index (χ0v) is 13.4. The Bertz CT molecular complexity index is 542. The minimum Gasteiger partial charge on any atom is -0.337 e. The van der Waals surface area contributed by atoms with E-state index in [-0.39, 0.29) is 11.7 Å². The number of nitrogens with zero attached hydrogens (tertiary/aromatic N) is 2. The zero-order chi connectivity index (χ0) is 15.5. The van der Waals surface area contributed by atoms with Gasteiger partial charge in [0.25, 0.3) is 5.91 Å². The summed E-state index contributed by atoms with van der Waals surface area (Å²) in [7, 11) is 0. The van der Waals surface area contributed by atoms with Crippen molar-refractivity contribution in [1.29, 1.82) is 0 Å². The summed E-state index contributed by atoms with van der Waals surface area (Å²) in [4.78, 5) is 17.1. The maximum atomic E-state index is 13.2. The molecule has 1 saturated carbocycles. The highest BCUT2D eigenvalue weighted by molar-refractivity contribution is 5.95. The van der Waals surface area contributed by atoms with Crippen LogP contribution in [0.15, 0.2) is 18.2 Å². The van der Waals surface area contributed by atoms with Gasteiger partial charge in [-0.05, 0) is 62.4 Å². The molecule has 0 aromatic heterocycles. The van der Waals surface area contributed by atoms with Gasteiger partial charge in [0.15, 0.2) is 0 Å². The van der Waals surface area contributed by atoms with Gasteiger partial charge in [0, 0.05) is 31.7 Å². The topological polar surface area (TPSA) is 23.6 Å². The monoisotopic (exact) mass is 304 g/mol. The van der Waals surface area contributed by atoms with Crippen LogP contribution in [0.1, 0.15) is 41.6 Å². The predicted octanol–water partition coefficient (Wildman–Crippen LogP) is 3.08. The number of carbonyl (C=O) groups excluding carboxylic acids is 1. The molecular formula is C18H25FN2O. The molecule has 0 unspecified atom stereocenters. The molecular weight excluding hydrogens is 279 g/mol. The van der Waals surface area contributed by atoms with E-state index in [9.17, 15) is 9.18 Å². The van der Waals surface area contributed by atoms with E-state index < -0.39 is 0 Å². The summed E-state index contributed by atoms with van der Waals surface area (Å²) in [6.07, 6.45) is 5.15. The third kappa shape index (κ3) is 3.49. The molecule has 4 heteroatoms. The first-order chi connectivity index (χ1) is 10.6. The largest absolute Gasteiger partial charge is 0.337 e. The molecule has 0 bridgehead atoms. The van der Waals surface area contributed by atoms with E-state index in [1.54, 1.807) is 13.0 Å². The molecule has 3 nitrogen and oxygen atoms in total. The molecule has 0 atom stereocenters. The van der Waals surface area contributed by atoms with Gasteiger partial charge in [-0.15, -0.1) is 0 Å². The lowest BCUT2D eigenvalue weighted by atomic mass is 9.85. The molecule has 0 radical (unpaired) electrons. The van der Waals surface area contributed by atoms with Crippen LogP contribution in [0, 0.1) is 18.7 Å². The van der Waals surface area contributed by atoms with Crippen molar-refractivity contribution in [3.05, 3.63) is 35.1 Å². The van der Waals surface area contributed by atoms with E-state index in [4.69, 9.17) is 0 Å². The second kappa shape index (κ2) is 6.78. The second-order valence-electron chi connectivity index (χ2n) is 6.70. The average molecular weight is 304 g/mol. The fourth-order valence-corrected chi connectivity index (χ4v) is 3.43. The lowest BCUT2D eigenvalue weighted by Gasteiger charge is -2.31. The summed E-state index contributed by atoms with van der Waals surface area (Å²) in [5.41, 5.74) is 1.36. The number of benzene rings is 1. The van der Waals surface area contributed by atoms with Crippen LogP contribution in [0.4, 0.5) is 4.39 Å². The Morgan fingerprint density at radius 1 is 1.18 bits per heavy atom. The molecule has 2 fully saturated rings. The van der Waals surface area contributed by atoms with E-state index >= 15 is 0 Å². The fraction of sp³-hybridized carbons (Fsp3) is 0.611. The summed E-state index contributed by atoms with van der Waals surface area (Å²) in [5.74, 6) is 0.640. The molecule has 120 valence electrons. The summed E-state index contributed by atoms with van der Waals surface area (Å²) in [6.45, 7) is 6.62. The van der Waals surface area contributed by atoms with Gasteiger partial charge in [-0.2, -0.15) is 0 Å². The smallest absolute Gasteiger partial charge is 0.254 e. The number of halogens is 1. The van der Waals surface area contributed by atoms with Gasteiger partial charge < -0.3 is 9.80 Å². The maximum Gasteiger partial charge on any atom is 0.254 e. The SMILES string of the molecule is Cc1cc(F)ccc1C(=O)N1CCCN(CC2CCC2)CC1. The first kappa shape index (κ1) is 15.5. The Kier molecular flexibility index (Phi) is 4.77. The highest BCUT2D eigenvalue weighted by Gasteiger charge is 2.25. The summed E-state index contributed by atoms with van der Waals surface area (Å²) in [6, 6.07) is 4.43. The molecule has 1 amide bonds. The number of aryl methyl sites for hydroxylation is 1. The van der Waals surface area contributed by atoms with Gasteiger partial charge >= 0.3 is 0 Å². The Labute approximate surface area is 132 Å². The van der Waals surface area contributed by atoms with Crippen molar-refractivity contribution in [2.24, 2.45) is 5.92 Å². The van der Waals surface area contributed by atoms with Crippen LogP contribution in [0.25, 0.3) is 0 Å². The van der Waals surface area contributed by atoms with Crippen LogP contribution in [-0.4, -0.2) is 48.4 Å². The molecule has 0 N–H and O–H groups in total. The van der Waals surface area contributed by atoms with Crippen LogP contribution in [-0.2, 0) is 0 Å². The third-order valence-corrected chi connectivity index (χ3v) is 5.04. The minimum absolute atomic E-state index is 0.0444.